The molecule has 0 bridgehead atoms. The summed E-state index contributed by atoms with van der Waals surface area (Å²) in [4.78, 5) is 0. The summed E-state index contributed by atoms with van der Waals surface area (Å²) >= 11 is 0. The number of aliphatic hydroxyl groups is 15. The van der Waals surface area contributed by atoms with Crippen LogP contribution in [0.5, 0.6) is 0 Å². The van der Waals surface area contributed by atoms with E-state index >= 15 is 0 Å². The molecule has 0 aromatic carbocycles. The van der Waals surface area contributed by atoms with Crippen molar-refractivity contribution in [2.45, 2.75) is 241 Å². The molecule has 0 radical (unpaired) electrons. The molecule has 79 heavy (non-hydrogen) atoms. The van der Waals surface area contributed by atoms with Crippen LogP contribution in [0.2, 0.25) is 0 Å². The van der Waals surface area contributed by atoms with Gasteiger partial charge in [-0.15, -0.1) is 0 Å². The summed E-state index contributed by atoms with van der Waals surface area (Å²) in [6, 6.07) is 0. The van der Waals surface area contributed by atoms with Gasteiger partial charge >= 0.3 is 0 Å². The van der Waals surface area contributed by atoms with Gasteiger partial charge in [0.05, 0.1) is 57.5 Å². The lowest BCUT2D eigenvalue weighted by Gasteiger charge is -2.73. The van der Waals surface area contributed by atoms with Crippen molar-refractivity contribution in [3.63, 3.8) is 0 Å². The van der Waals surface area contributed by atoms with Crippen LogP contribution in [0, 0.1) is 50.2 Å². The summed E-state index contributed by atoms with van der Waals surface area (Å²) in [7, 11) is 1.71. The van der Waals surface area contributed by atoms with Gasteiger partial charge in [0.15, 0.2) is 25.2 Å². The zero-order valence-corrected chi connectivity index (χ0v) is 46.7. The number of hydrogen-bond acceptors (Lipinski definition) is 24. The highest BCUT2D eigenvalue weighted by Gasteiger charge is 2.73. The summed E-state index contributed by atoms with van der Waals surface area (Å²) < 4.78 is 55.8. The van der Waals surface area contributed by atoms with Crippen LogP contribution in [0.4, 0.5) is 0 Å². The third kappa shape index (κ3) is 10.0. The molecule has 0 amide bonds. The Morgan fingerprint density at radius 2 is 1.05 bits per heavy atom. The fraction of sp³-hybridized carbons (Fsp3) is 0.964. The molecule has 0 unspecified atom stereocenters. The molecule has 4 aliphatic heterocycles. The van der Waals surface area contributed by atoms with Gasteiger partial charge in [0.1, 0.15) is 91.6 Å². The third-order valence-corrected chi connectivity index (χ3v) is 21.9. The second-order valence-corrected chi connectivity index (χ2v) is 26.6. The van der Waals surface area contributed by atoms with Gasteiger partial charge in [0, 0.05) is 23.9 Å². The van der Waals surface area contributed by atoms with E-state index in [1.54, 1.807) is 7.11 Å². The minimum Gasteiger partial charge on any atom is -0.396 e. The van der Waals surface area contributed by atoms with Crippen LogP contribution in [0.25, 0.3) is 0 Å². The van der Waals surface area contributed by atoms with Crippen LogP contribution in [-0.2, 0) is 42.6 Å². The summed E-state index contributed by atoms with van der Waals surface area (Å²) in [5.74, 6) is -0.593. The molecule has 8 fully saturated rings. The van der Waals surface area contributed by atoms with E-state index < -0.39 is 188 Å². The van der Waals surface area contributed by atoms with Crippen molar-refractivity contribution >= 4 is 0 Å². The van der Waals surface area contributed by atoms with Crippen LogP contribution in [0.1, 0.15) is 99.8 Å². The van der Waals surface area contributed by atoms with E-state index in [9.17, 15) is 76.6 Å². The minimum absolute atomic E-state index is 0.119. The molecule has 15 N–H and O–H groups in total. The molecule has 0 aromatic rings. The predicted molar refractivity (Wildman–Crippen MR) is 270 cm³/mol. The predicted octanol–water partition coefficient (Wildman–Crippen LogP) is -2.97. The first-order valence-electron chi connectivity index (χ1n) is 28.4. The van der Waals surface area contributed by atoms with E-state index in [0.717, 1.165) is 12.8 Å². The quantitative estimate of drug-likeness (QED) is 0.0610. The fourth-order valence-corrected chi connectivity index (χ4v) is 16.9. The van der Waals surface area contributed by atoms with E-state index in [4.69, 9.17) is 42.6 Å². The Bertz CT molecular complexity index is 2120. The lowest BCUT2D eigenvalue weighted by atomic mass is 9.32. The number of rotatable bonds is 14. The Kier molecular flexibility index (Phi) is 18.1. The number of hydrogen-bond donors (Lipinski definition) is 15. The first kappa shape index (κ1) is 62.3. The van der Waals surface area contributed by atoms with E-state index in [-0.39, 0.29) is 36.4 Å². The second-order valence-electron chi connectivity index (χ2n) is 26.6. The number of aliphatic hydroxyl groups excluding tert-OH is 15. The summed E-state index contributed by atoms with van der Waals surface area (Å²) in [6.45, 7) is 11.9. The van der Waals surface area contributed by atoms with Crippen LogP contribution < -0.4 is 0 Å². The smallest absolute Gasteiger partial charge is 0.187 e. The van der Waals surface area contributed by atoms with Crippen LogP contribution in [0.3, 0.4) is 0 Å². The van der Waals surface area contributed by atoms with Gasteiger partial charge in [-0.25, -0.2) is 0 Å². The van der Waals surface area contributed by atoms with Gasteiger partial charge in [-0.3, -0.25) is 0 Å². The lowest BCUT2D eigenvalue weighted by molar-refractivity contribution is -0.391. The van der Waals surface area contributed by atoms with Gasteiger partial charge in [-0.2, -0.15) is 0 Å². The molecule has 9 aliphatic rings. The molecule has 31 atom stereocenters. The standard InChI is InChI=1S/C55H92O24/c1-23-33(61)43(78-49-44(39(67)36(64)29(20-58)75-49)79-47-41(69)38(66)35(63)28(19-57)74-47)42(70)48(72-23)76-31-10-11-51(4)30(52(31,5)21-59)9-12-53(6)45(51)26(71-8)15-24-25-16-50(2,3)13-14-55(25,22-60)32(17-54(24,53)7)77-46-40(68)37(65)34(62)27(18-56)73-46/h15,23,25-49,56-70H,9-14,16-22H2,1-8H3/t23-,25+,26-,27-,28-,29-,30-,31+,32+,33+,34-,35-,36-,37+,38+,39+,40-,41-,42-,43+,44-,45-,46+,47+,48+,49+,51+,52+,53-,54-,55-/m1/s1. The van der Waals surface area contributed by atoms with Crippen molar-refractivity contribution in [3.05, 3.63) is 11.6 Å². The van der Waals surface area contributed by atoms with Gasteiger partial charge < -0.3 is 119 Å². The Labute approximate surface area is 461 Å². The van der Waals surface area contributed by atoms with Crippen molar-refractivity contribution in [2.75, 3.05) is 40.1 Å². The maximum Gasteiger partial charge on any atom is 0.187 e. The molecule has 4 saturated carbocycles. The highest BCUT2D eigenvalue weighted by Crippen LogP contribution is 2.76. The number of ether oxygens (including phenoxy) is 9. The Hall–Kier alpha value is -1.22. The van der Waals surface area contributed by atoms with Gasteiger partial charge in [-0.05, 0) is 91.8 Å². The molecule has 4 saturated heterocycles. The average molecular weight is 1140 g/mol. The third-order valence-electron chi connectivity index (χ3n) is 21.9. The van der Waals surface area contributed by atoms with Crippen LogP contribution in [-0.4, -0.2) is 258 Å². The zero-order chi connectivity index (χ0) is 57.9. The average Bonchev–Trinajstić information content (AvgIpc) is 3.44. The monoisotopic (exact) mass is 1140 g/mol. The van der Waals surface area contributed by atoms with Crippen molar-refractivity contribution < 1.29 is 119 Å². The van der Waals surface area contributed by atoms with E-state index in [1.807, 2.05) is 6.92 Å². The Morgan fingerprint density at radius 1 is 0.519 bits per heavy atom. The number of methoxy groups -OCH3 is 1. The molecular weight excluding hydrogens is 1040 g/mol. The maximum atomic E-state index is 12.1. The van der Waals surface area contributed by atoms with E-state index in [2.05, 4.69) is 40.7 Å². The van der Waals surface area contributed by atoms with Crippen molar-refractivity contribution in [3.8, 4) is 0 Å². The second kappa shape index (κ2) is 22.9. The number of allylic oxidation sites excluding steroid dienone is 1. The van der Waals surface area contributed by atoms with Gasteiger partial charge in [-0.1, -0.05) is 53.2 Å². The molecule has 456 valence electrons. The highest BCUT2D eigenvalue weighted by atomic mass is 16.8. The summed E-state index contributed by atoms with van der Waals surface area (Å²) in [5, 5.41) is 164. The zero-order valence-electron chi connectivity index (χ0n) is 46.7. The van der Waals surface area contributed by atoms with Gasteiger partial charge in [0.2, 0.25) is 0 Å². The largest absolute Gasteiger partial charge is 0.396 e. The normalized spacial score (nSPS) is 55.6. The SMILES string of the molecule is CO[C@@H]1C=C2[C@@H]3CC(C)(C)CC[C@]3(CO)[C@@H](O[C@@H]3O[C@H](CO)[C@@H](O)[C@H](O)[C@H]3O)C[C@@]2(C)[C@]2(C)CC[C@H]3[C@](C)(CO)[C@@H](O[C@@H]4O[C@H](C)[C@H](O)[C@H](O[C@@H]5O[C@H](CO)[C@@H](O)[C@H](O)[C@H]5O[C@@H]5O[C@H](CO)[C@@H](O)[C@H](O)[C@H]5O)[C@H]4O)CC[C@]3(C)[C@@H]12. The molecule has 4 heterocycles. The molecule has 0 spiro atoms. The first-order valence-corrected chi connectivity index (χ1v) is 28.4. The summed E-state index contributed by atoms with van der Waals surface area (Å²) in [6.07, 6.45) is -27.6. The van der Waals surface area contributed by atoms with Crippen molar-refractivity contribution in [1.82, 2.24) is 0 Å². The number of fused-ring (bicyclic) bond motifs is 7. The maximum absolute atomic E-state index is 12.1. The highest BCUT2D eigenvalue weighted by molar-refractivity contribution is 5.37. The van der Waals surface area contributed by atoms with Crippen LogP contribution in [0.15, 0.2) is 11.6 Å². The van der Waals surface area contributed by atoms with E-state index in [1.165, 1.54) is 12.5 Å². The van der Waals surface area contributed by atoms with Crippen molar-refractivity contribution in [1.29, 1.82) is 0 Å². The molecule has 9 rings (SSSR count). The first-order chi connectivity index (χ1) is 37.1. The lowest BCUT2D eigenvalue weighted by Crippen LogP contribution is -2.71. The summed E-state index contributed by atoms with van der Waals surface area (Å²) in [5.41, 5.74) is -2.42. The minimum atomic E-state index is -1.94. The van der Waals surface area contributed by atoms with Crippen LogP contribution >= 0.6 is 0 Å². The molecule has 0 aromatic heterocycles. The fourth-order valence-electron chi connectivity index (χ4n) is 16.9. The van der Waals surface area contributed by atoms with Gasteiger partial charge in [0.25, 0.3) is 0 Å². The Morgan fingerprint density at radius 3 is 1.61 bits per heavy atom. The Balaban J connectivity index is 0.990. The van der Waals surface area contributed by atoms with Crippen molar-refractivity contribution in [2.24, 2.45) is 50.2 Å². The topological polar surface area (TPSA) is 387 Å². The van der Waals surface area contributed by atoms with E-state index in [0.29, 0.717) is 38.5 Å². The molecule has 24 heteroatoms. The molecule has 24 nitrogen and oxygen atoms in total. The molecular formula is C55H92O24. The molecule has 5 aliphatic carbocycles.